The Balaban J connectivity index is 0.000000638. The Labute approximate surface area is 230 Å². The molecule has 2 amide bonds. The van der Waals surface area contributed by atoms with Crippen LogP contribution in [-0.4, -0.2) is 56.4 Å². The molecule has 1 fully saturated rings. The van der Waals surface area contributed by atoms with Gasteiger partial charge in [0.25, 0.3) is 0 Å². The topological polar surface area (TPSA) is 162 Å². The van der Waals surface area contributed by atoms with Crippen LogP contribution in [0.1, 0.15) is 12.8 Å². The van der Waals surface area contributed by atoms with E-state index in [9.17, 15) is 31.5 Å². The lowest BCUT2D eigenvalue weighted by atomic mass is 9.99. The van der Waals surface area contributed by atoms with E-state index in [2.05, 4.69) is 10.0 Å². The maximum atomic E-state index is 13.0. The van der Waals surface area contributed by atoms with Crippen LogP contribution in [0.5, 0.6) is 5.75 Å². The predicted molar refractivity (Wildman–Crippen MR) is 136 cm³/mol. The number of carboxylic acids is 1. The van der Waals surface area contributed by atoms with Crippen LogP contribution in [0.4, 0.5) is 29.3 Å². The number of rotatable bonds is 6. The number of aliphatic carboxylic acids is 1. The van der Waals surface area contributed by atoms with Crippen molar-refractivity contribution in [1.29, 1.82) is 0 Å². The number of amides is 2. The fourth-order valence-corrected chi connectivity index (χ4v) is 5.51. The number of carbonyl (C=O) groups is 2. The molecule has 10 nitrogen and oxygen atoms in total. The average molecular weight is 622 g/mol. The molecule has 17 heteroatoms. The minimum Gasteiger partial charge on any atom is -0.504 e. The Bertz CT molecular complexity index is 1290. The highest BCUT2D eigenvalue weighted by atomic mass is 35.5. The number of benzene rings is 2. The second kappa shape index (κ2) is 13.0. The molecule has 0 radical (unpaired) electrons. The molecule has 1 saturated heterocycles. The molecule has 38 heavy (non-hydrogen) atoms. The van der Waals surface area contributed by atoms with E-state index in [1.807, 2.05) is 0 Å². The van der Waals surface area contributed by atoms with Crippen molar-refractivity contribution < 1.29 is 41.4 Å². The molecule has 0 bridgehead atoms. The number of carboxylic acid groups (broad SMARTS) is 1. The van der Waals surface area contributed by atoms with Gasteiger partial charge in [0.05, 0.1) is 26.4 Å². The normalized spacial score (nSPS) is 14.4. The fraction of sp³-hybridized carbons (Fsp3) is 0.333. The van der Waals surface area contributed by atoms with E-state index in [-0.39, 0.29) is 38.9 Å². The summed E-state index contributed by atoms with van der Waals surface area (Å²) in [4.78, 5) is 21.4. The molecule has 0 spiro atoms. The van der Waals surface area contributed by atoms with Gasteiger partial charge < -0.3 is 21.3 Å². The summed E-state index contributed by atoms with van der Waals surface area (Å²) in [7, 11) is -4.19. The number of aromatic hydroxyl groups is 1. The molecular formula is C21H22Cl3F3N4O6S. The third-order valence-electron chi connectivity index (χ3n) is 5.23. The van der Waals surface area contributed by atoms with Crippen LogP contribution < -0.4 is 20.7 Å². The van der Waals surface area contributed by atoms with Crippen LogP contribution in [0.2, 0.25) is 15.1 Å². The van der Waals surface area contributed by atoms with E-state index in [0.717, 1.165) is 30.8 Å². The van der Waals surface area contributed by atoms with Crippen molar-refractivity contribution >= 4 is 68.2 Å². The molecule has 0 aromatic heterocycles. The van der Waals surface area contributed by atoms with E-state index < -0.39 is 38.8 Å². The number of hydrogen-bond donors (Lipinski definition) is 5. The highest BCUT2D eigenvalue weighted by Crippen LogP contribution is 2.44. The fourth-order valence-electron chi connectivity index (χ4n) is 3.39. The van der Waals surface area contributed by atoms with Crippen LogP contribution in [0.3, 0.4) is 0 Å². The van der Waals surface area contributed by atoms with Gasteiger partial charge in [0.2, 0.25) is 10.0 Å². The van der Waals surface area contributed by atoms with Gasteiger partial charge in [-0.05, 0) is 56.1 Å². The largest absolute Gasteiger partial charge is 0.504 e. The number of nitrogens with two attached hydrogens (primary N) is 1. The van der Waals surface area contributed by atoms with Crippen molar-refractivity contribution in [3.8, 4) is 5.75 Å². The SMILES string of the molecule is NC(=O)N(c1ccc(Cl)c(S(=O)(=O)NCC2CCNCC2)c1O)c1cccc(Cl)c1Cl.O=C(O)C(F)(F)F. The second-order valence-corrected chi connectivity index (χ2v) is 10.7. The molecular weight excluding hydrogens is 600 g/mol. The summed E-state index contributed by atoms with van der Waals surface area (Å²) in [6.45, 7) is 1.81. The van der Waals surface area contributed by atoms with Gasteiger partial charge >= 0.3 is 18.2 Å². The standard InChI is InChI=1S/C19H21Cl3N4O4S.C2HF3O2/c20-12-2-1-3-14(16(12)22)26(19(23)28)15-5-4-13(21)18(17(15)27)31(29,30)25-10-11-6-8-24-9-7-11;3-2(4,5)1(6)7/h1-5,11,24-25,27H,6-10H2,(H2,23,28);(H,6,7). The van der Waals surface area contributed by atoms with Crippen LogP contribution in [-0.2, 0) is 14.8 Å². The van der Waals surface area contributed by atoms with Crippen molar-refractivity contribution in [3.05, 3.63) is 45.4 Å². The quantitative estimate of drug-likeness (QED) is 0.318. The lowest BCUT2D eigenvalue weighted by Gasteiger charge is -2.25. The second-order valence-electron chi connectivity index (χ2n) is 7.84. The van der Waals surface area contributed by atoms with E-state index in [4.69, 9.17) is 50.4 Å². The summed E-state index contributed by atoms with van der Waals surface area (Å²) in [5.41, 5.74) is 5.38. The number of urea groups is 1. The zero-order valence-electron chi connectivity index (χ0n) is 19.2. The Morgan fingerprint density at radius 2 is 1.66 bits per heavy atom. The highest BCUT2D eigenvalue weighted by molar-refractivity contribution is 7.89. The highest BCUT2D eigenvalue weighted by Gasteiger charge is 2.38. The Hall–Kier alpha value is -2.49. The molecule has 6 N–H and O–H groups in total. The summed E-state index contributed by atoms with van der Waals surface area (Å²) >= 11 is 18.4. The molecule has 1 heterocycles. The molecule has 0 saturated carbocycles. The minimum absolute atomic E-state index is 0.00533. The Morgan fingerprint density at radius 1 is 1.08 bits per heavy atom. The van der Waals surface area contributed by atoms with E-state index in [1.54, 1.807) is 0 Å². The first-order chi connectivity index (χ1) is 17.6. The van der Waals surface area contributed by atoms with E-state index in [1.165, 1.54) is 30.3 Å². The molecule has 0 aliphatic carbocycles. The first kappa shape index (κ1) is 31.7. The van der Waals surface area contributed by atoms with Gasteiger partial charge in [0, 0.05) is 6.54 Å². The number of piperidine rings is 1. The zero-order chi connectivity index (χ0) is 28.8. The maximum Gasteiger partial charge on any atom is 0.490 e. The van der Waals surface area contributed by atoms with Gasteiger partial charge in [-0.3, -0.25) is 4.90 Å². The van der Waals surface area contributed by atoms with Gasteiger partial charge in [-0.25, -0.2) is 22.7 Å². The zero-order valence-corrected chi connectivity index (χ0v) is 22.3. The monoisotopic (exact) mass is 620 g/mol. The first-order valence-corrected chi connectivity index (χ1v) is 13.2. The van der Waals surface area contributed by atoms with Crippen molar-refractivity contribution in [2.75, 3.05) is 24.5 Å². The van der Waals surface area contributed by atoms with Gasteiger partial charge in [0.15, 0.2) is 5.75 Å². The smallest absolute Gasteiger partial charge is 0.490 e. The number of halogens is 6. The predicted octanol–water partition coefficient (Wildman–Crippen LogP) is 4.48. The maximum absolute atomic E-state index is 13.0. The number of primary amides is 1. The summed E-state index contributed by atoms with van der Waals surface area (Å²) in [5.74, 6) is -3.33. The Kier molecular flexibility index (Phi) is 10.9. The average Bonchev–Trinajstić information content (AvgIpc) is 2.82. The van der Waals surface area contributed by atoms with Crippen LogP contribution in [0.25, 0.3) is 0 Å². The number of nitrogens with zero attached hydrogens (tertiary/aromatic N) is 1. The summed E-state index contributed by atoms with van der Waals surface area (Å²) in [6.07, 6.45) is -3.43. The molecule has 1 aliphatic heterocycles. The van der Waals surface area contributed by atoms with Crippen LogP contribution in [0, 0.1) is 5.92 Å². The van der Waals surface area contributed by atoms with Gasteiger partial charge in [-0.15, -0.1) is 0 Å². The number of phenolic OH excluding ortho intramolecular Hbond substituents is 1. The number of alkyl halides is 3. The number of nitrogens with one attached hydrogen (secondary N) is 2. The lowest BCUT2D eigenvalue weighted by molar-refractivity contribution is -0.192. The number of carbonyl (C=O) groups excluding carboxylic acids is 1. The van der Waals surface area contributed by atoms with Gasteiger partial charge in [0.1, 0.15) is 4.90 Å². The molecule has 1 aliphatic rings. The number of phenols is 1. The molecule has 0 atom stereocenters. The molecule has 2 aromatic rings. The molecule has 0 unspecified atom stereocenters. The minimum atomic E-state index is -5.08. The van der Waals surface area contributed by atoms with Gasteiger partial charge in [-0.2, -0.15) is 13.2 Å². The van der Waals surface area contributed by atoms with Crippen molar-refractivity contribution in [1.82, 2.24) is 10.0 Å². The first-order valence-electron chi connectivity index (χ1n) is 10.6. The summed E-state index contributed by atoms with van der Waals surface area (Å²) in [6, 6.07) is 6.01. The Morgan fingerprint density at radius 3 is 2.18 bits per heavy atom. The van der Waals surface area contributed by atoms with Gasteiger partial charge in [-0.1, -0.05) is 40.9 Å². The number of hydrogen-bond acceptors (Lipinski definition) is 6. The van der Waals surface area contributed by atoms with Crippen molar-refractivity contribution in [2.24, 2.45) is 11.7 Å². The summed E-state index contributed by atoms with van der Waals surface area (Å²) in [5, 5.41) is 21.1. The van der Waals surface area contributed by atoms with E-state index >= 15 is 0 Å². The van der Waals surface area contributed by atoms with Crippen LogP contribution >= 0.6 is 34.8 Å². The summed E-state index contributed by atoms with van der Waals surface area (Å²) < 4.78 is 60.2. The number of sulfonamides is 1. The van der Waals surface area contributed by atoms with E-state index in [0.29, 0.717) is 0 Å². The van der Waals surface area contributed by atoms with Crippen molar-refractivity contribution in [2.45, 2.75) is 23.9 Å². The molecule has 3 rings (SSSR count). The molecule has 2 aromatic carbocycles. The third kappa shape index (κ3) is 8.01. The number of anilines is 2. The van der Waals surface area contributed by atoms with Crippen molar-refractivity contribution in [3.63, 3.8) is 0 Å². The third-order valence-corrected chi connectivity index (χ3v) is 7.96. The van der Waals surface area contributed by atoms with Crippen LogP contribution in [0.15, 0.2) is 35.2 Å². The molecule has 210 valence electrons. The lowest BCUT2D eigenvalue weighted by Crippen LogP contribution is -2.36.